The third kappa shape index (κ3) is 3.95. The largest absolute Gasteiger partial charge is 0.478 e. The molecule has 0 saturated heterocycles. The Bertz CT molecular complexity index is 765. The maximum absolute atomic E-state index is 5.61. The monoisotopic (exact) mass is 323 g/mol. The quantitative estimate of drug-likeness (QED) is 0.632. The second kappa shape index (κ2) is 7.97. The van der Waals surface area contributed by atoms with Crippen LogP contribution in [0.15, 0.2) is 54.9 Å². The predicted octanol–water partition coefficient (Wildman–Crippen LogP) is 4.18. The van der Waals surface area contributed by atoms with E-state index < -0.39 is 0 Å². The lowest BCUT2D eigenvalue weighted by molar-refractivity contribution is 0.296. The lowest BCUT2D eigenvalue weighted by Gasteiger charge is -2.08. The summed E-state index contributed by atoms with van der Waals surface area (Å²) in [6.45, 7) is 6.92. The third-order valence-electron chi connectivity index (χ3n) is 4.08. The Kier molecular flexibility index (Phi) is 5.49. The summed E-state index contributed by atoms with van der Waals surface area (Å²) in [4.78, 5) is 4.15. The van der Waals surface area contributed by atoms with Crippen LogP contribution in [0.1, 0.15) is 31.9 Å². The zero-order chi connectivity index (χ0) is 16.8. The van der Waals surface area contributed by atoms with Crippen molar-refractivity contribution in [1.82, 2.24) is 14.9 Å². The Morgan fingerprint density at radius 1 is 1.12 bits per heavy atom. The minimum absolute atomic E-state index is 0.468. The smallest absolute Gasteiger partial charge is 0.213 e. The number of ether oxygens (including phenoxy) is 1. The van der Waals surface area contributed by atoms with Crippen LogP contribution in [-0.4, -0.2) is 22.7 Å². The Hall–Kier alpha value is -2.33. The number of nitrogens with one attached hydrogen (secondary N) is 1. The highest BCUT2D eigenvalue weighted by Gasteiger charge is 2.09. The van der Waals surface area contributed by atoms with Gasteiger partial charge in [-0.3, -0.25) is 0 Å². The number of pyridine rings is 1. The average molecular weight is 323 g/mol. The molecule has 0 unspecified atom stereocenters. The van der Waals surface area contributed by atoms with Crippen LogP contribution in [0.5, 0.6) is 5.88 Å². The van der Waals surface area contributed by atoms with Crippen molar-refractivity contribution >= 4 is 10.9 Å². The van der Waals surface area contributed by atoms with E-state index in [9.17, 15) is 0 Å². The van der Waals surface area contributed by atoms with Gasteiger partial charge >= 0.3 is 0 Å². The first-order chi connectivity index (χ1) is 11.8. The average Bonchev–Trinajstić information content (AvgIpc) is 2.98. The molecule has 24 heavy (non-hydrogen) atoms. The predicted molar refractivity (Wildman–Crippen MR) is 98.4 cm³/mol. The fourth-order valence-corrected chi connectivity index (χ4v) is 2.87. The first-order valence-corrected chi connectivity index (χ1v) is 8.58. The highest BCUT2D eigenvalue weighted by Crippen LogP contribution is 2.24. The van der Waals surface area contributed by atoms with Gasteiger partial charge in [0.25, 0.3) is 0 Å². The summed E-state index contributed by atoms with van der Waals surface area (Å²) in [5.41, 5.74) is 2.66. The van der Waals surface area contributed by atoms with Gasteiger partial charge in [-0.2, -0.15) is 0 Å². The Balaban J connectivity index is 1.49. The fraction of sp³-hybridized carbons (Fsp3) is 0.350. The SMILES string of the molecule is CC(C)n1cc(CNCCCOc2ccccn2)c2ccccc21. The molecule has 1 aromatic carbocycles. The molecule has 126 valence electrons. The minimum atomic E-state index is 0.468. The zero-order valence-corrected chi connectivity index (χ0v) is 14.4. The van der Waals surface area contributed by atoms with E-state index >= 15 is 0 Å². The Labute approximate surface area is 143 Å². The summed E-state index contributed by atoms with van der Waals surface area (Å²) in [5, 5.41) is 4.86. The van der Waals surface area contributed by atoms with E-state index in [1.807, 2.05) is 18.2 Å². The summed E-state index contributed by atoms with van der Waals surface area (Å²) < 4.78 is 7.95. The van der Waals surface area contributed by atoms with E-state index in [4.69, 9.17) is 4.74 Å². The summed E-state index contributed by atoms with van der Waals surface area (Å²) in [7, 11) is 0. The van der Waals surface area contributed by atoms with Gasteiger partial charge in [-0.15, -0.1) is 0 Å². The molecular formula is C20H25N3O. The number of hydrogen-bond acceptors (Lipinski definition) is 3. The van der Waals surface area contributed by atoms with E-state index in [0.29, 0.717) is 18.5 Å². The molecule has 3 rings (SSSR count). The van der Waals surface area contributed by atoms with Crippen molar-refractivity contribution in [2.75, 3.05) is 13.2 Å². The molecule has 0 saturated carbocycles. The highest BCUT2D eigenvalue weighted by atomic mass is 16.5. The van der Waals surface area contributed by atoms with Crippen LogP contribution in [0.3, 0.4) is 0 Å². The van der Waals surface area contributed by atoms with Crippen LogP contribution in [-0.2, 0) is 6.54 Å². The number of para-hydroxylation sites is 1. The third-order valence-corrected chi connectivity index (χ3v) is 4.08. The van der Waals surface area contributed by atoms with Crippen molar-refractivity contribution in [2.24, 2.45) is 0 Å². The second-order valence-corrected chi connectivity index (χ2v) is 6.22. The summed E-state index contributed by atoms with van der Waals surface area (Å²) in [6.07, 6.45) is 4.98. The van der Waals surface area contributed by atoms with Crippen molar-refractivity contribution in [3.8, 4) is 5.88 Å². The lowest BCUT2D eigenvalue weighted by Crippen LogP contribution is -2.17. The van der Waals surface area contributed by atoms with Gasteiger partial charge in [0.1, 0.15) is 0 Å². The van der Waals surface area contributed by atoms with Crippen molar-refractivity contribution in [3.05, 3.63) is 60.4 Å². The number of rotatable bonds is 8. The van der Waals surface area contributed by atoms with Gasteiger partial charge in [0, 0.05) is 41.9 Å². The Morgan fingerprint density at radius 2 is 1.96 bits per heavy atom. The standard InChI is InChI=1S/C20H25N3O/c1-16(2)23-15-17(18-8-3-4-9-19(18)23)14-21-11-7-13-24-20-10-5-6-12-22-20/h3-6,8-10,12,15-16,21H,7,11,13-14H2,1-2H3. The number of benzene rings is 1. The molecule has 0 radical (unpaired) electrons. The summed E-state index contributed by atoms with van der Waals surface area (Å²) in [6, 6.07) is 14.8. The molecule has 0 aliphatic heterocycles. The van der Waals surface area contributed by atoms with E-state index in [1.165, 1.54) is 16.5 Å². The summed E-state index contributed by atoms with van der Waals surface area (Å²) in [5.74, 6) is 0.692. The molecule has 0 aliphatic rings. The van der Waals surface area contributed by atoms with E-state index in [1.54, 1.807) is 6.20 Å². The Morgan fingerprint density at radius 3 is 2.75 bits per heavy atom. The van der Waals surface area contributed by atoms with Gasteiger partial charge in [0.15, 0.2) is 0 Å². The molecule has 0 bridgehead atoms. The van der Waals surface area contributed by atoms with Crippen LogP contribution < -0.4 is 10.1 Å². The number of fused-ring (bicyclic) bond motifs is 1. The zero-order valence-electron chi connectivity index (χ0n) is 14.4. The number of nitrogens with zero attached hydrogens (tertiary/aromatic N) is 2. The first kappa shape index (κ1) is 16.5. The molecular weight excluding hydrogens is 298 g/mol. The van der Waals surface area contributed by atoms with Crippen LogP contribution >= 0.6 is 0 Å². The van der Waals surface area contributed by atoms with Crippen LogP contribution in [0.25, 0.3) is 10.9 Å². The summed E-state index contributed by atoms with van der Waals surface area (Å²) >= 11 is 0. The van der Waals surface area contributed by atoms with Gasteiger partial charge in [0.05, 0.1) is 6.61 Å². The molecule has 0 amide bonds. The topological polar surface area (TPSA) is 39.1 Å². The van der Waals surface area contributed by atoms with Crippen molar-refractivity contribution in [3.63, 3.8) is 0 Å². The van der Waals surface area contributed by atoms with Crippen LogP contribution in [0.2, 0.25) is 0 Å². The van der Waals surface area contributed by atoms with Gasteiger partial charge in [-0.05, 0) is 44.5 Å². The first-order valence-electron chi connectivity index (χ1n) is 8.58. The van der Waals surface area contributed by atoms with Crippen molar-refractivity contribution in [1.29, 1.82) is 0 Å². The molecule has 2 heterocycles. The maximum Gasteiger partial charge on any atom is 0.213 e. The van der Waals surface area contributed by atoms with Crippen LogP contribution in [0.4, 0.5) is 0 Å². The number of hydrogen-bond donors (Lipinski definition) is 1. The van der Waals surface area contributed by atoms with E-state index in [2.05, 4.69) is 59.2 Å². The lowest BCUT2D eigenvalue weighted by atomic mass is 10.2. The molecule has 0 fully saturated rings. The van der Waals surface area contributed by atoms with Crippen molar-refractivity contribution < 1.29 is 4.74 Å². The molecule has 0 aliphatic carbocycles. The molecule has 0 atom stereocenters. The fourth-order valence-electron chi connectivity index (χ4n) is 2.87. The molecule has 0 spiro atoms. The highest BCUT2D eigenvalue weighted by molar-refractivity contribution is 5.84. The van der Waals surface area contributed by atoms with E-state index in [-0.39, 0.29) is 0 Å². The molecule has 3 aromatic rings. The van der Waals surface area contributed by atoms with Crippen LogP contribution in [0, 0.1) is 0 Å². The maximum atomic E-state index is 5.61. The van der Waals surface area contributed by atoms with Gasteiger partial charge in [0.2, 0.25) is 5.88 Å². The van der Waals surface area contributed by atoms with Gasteiger partial charge in [-0.25, -0.2) is 4.98 Å². The number of aromatic nitrogens is 2. The molecule has 1 N–H and O–H groups in total. The van der Waals surface area contributed by atoms with E-state index in [0.717, 1.165) is 19.5 Å². The minimum Gasteiger partial charge on any atom is -0.478 e. The van der Waals surface area contributed by atoms with Gasteiger partial charge in [-0.1, -0.05) is 24.3 Å². The van der Waals surface area contributed by atoms with Crippen molar-refractivity contribution in [2.45, 2.75) is 32.9 Å². The molecule has 4 heteroatoms. The molecule has 2 aromatic heterocycles. The normalized spacial score (nSPS) is 11.3. The molecule has 4 nitrogen and oxygen atoms in total. The van der Waals surface area contributed by atoms with Gasteiger partial charge < -0.3 is 14.6 Å². The second-order valence-electron chi connectivity index (χ2n) is 6.22.